The molecule has 1 aromatic heterocycles. The minimum atomic E-state index is -0.334. The fourth-order valence-corrected chi connectivity index (χ4v) is 4.21. The largest absolute Gasteiger partial charge is 0.338 e. The maximum absolute atomic E-state index is 12.6. The van der Waals surface area contributed by atoms with Crippen LogP contribution in [0, 0.1) is 6.92 Å². The van der Waals surface area contributed by atoms with Crippen LogP contribution in [0.2, 0.25) is 10.0 Å². The summed E-state index contributed by atoms with van der Waals surface area (Å²) in [7, 11) is 0. The Kier molecular flexibility index (Phi) is 6.46. The molecule has 1 heterocycles. The zero-order valence-electron chi connectivity index (χ0n) is 19.1. The Morgan fingerprint density at radius 2 is 1.47 bits per heavy atom. The molecule has 0 bridgehead atoms. The van der Waals surface area contributed by atoms with Crippen LogP contribution in [0.4, 0.5) is 11.4 Å². The van der Waals surface area contributed by atoms with E-state index >= 15 is 0 Å². The molecule has 0 atom stereocenters. The molecule has 2 amide bonds. The van der Waals surface area contributed by atoms with Gasteiger partial charge in [-0.25, -0.2) is 4.98 Å². The summed E-state index contributed by atoms with van der Waals surface area (Å²) in [4.78, 5) is 33.0. The highest BCUT2D eigenvalue weighted by Gasteiger charge is 2.13. The lowest BCUT2D eigenvalue weighted by Gasteiger charge is -2.07. The van der Waals surface area contributed by atoms with E-state index in [0.717, 1.165) is 22.2 Å². The zero-order chi connectivity index (χ0) is 25.2. The van der Waals surface area contributed by atoms with Crippen molar-refractivity contribution in [1.29, 1.82) is 0 Å². The molecule has 0 saturated carbocycles. The maximum atomic E-state index is 12.6. The molecule has 6 nitrogen and oxygen atoms in total. The van der Waals surface area contributed by atoms with E-state index in [4.69, 9.17) is 23.2 Å². The van der Waals surface area contributed by atoms with E-state index in [-0.39, 0.29) is 16.8 Å². The van der Waals surface area contributed by atoms with Gasteiger partial charge >= 0.3 is 0 Å². The summed E-state index contributed by atoms with van der Waals surface area (Å²) in [6, 6.07) is 25.0. The molecule has 0 saturated heterocycles. The van der Waals surface area contributed by atoms with Crippen molar-refractivity contribution < 1.29 is 9.59 Å². The molecule has 4 aromatic carbocycles. The second kappa shape index (κ2) is 9.85. The van der Waals surface area contributed by atoms with Crippen LogP contribution < -0.4 is 10.6 Å². The van der Waals surface area contributed by atoms with Crippen molar-refractivity contribution in [3.05, 3.63) is 112 Å². The highest BCUT2D eigenvalue weighted by molar-refractivity contribution is 6.37. The third-order valence-electron chi connectivity index (χ3n) is 5.65. The summed E-state index contributed by atoms with van der Waals surface area (Å²) >= 11 is 12.1. The first-order valence-electron chi connectivity index (χ1n) is 11.1. The summed E-state index contributed by atoms with van der Waals surface area (Å²) < 4.78 is 0. The number of aryl methyl sites for hydroxylation is 1. The highest BCUT2D eigenvalue weighted by atomic mass is 35.5. The van der Waals surface area contributed by atoms with Gasteiger partial charge in [0.05, 0.1) is 21.6 Å². The van der Waals surface area contributed by atoms with Gasteiger partial charge in [-0.15, -0.1) is 0 Å². The number of carbonyl (C=O) groups is 2. The summed E-state index contributed by atoms with van der Waals surface area (Å²) in [5, 5.41) is 6.49. The first-order valence-corrected chi connectivity index (χ1v) is 11.9. The molecular weight excluding hydrogens is 495 g/mol. The molecule has 8 heteroatoms. The number of hydrogen-bond donors (Lipinski definition) is 3. The number of nitrogens with one attached hydrogen (secondary N) is 3. The standard InChI is InChI=1S/C28H20Cl2N4O2/c1-16-2-4-18(5-3-16)27(35)31-20-9-6-17(7-10-20)26-33-24-13-11-21(15-25(24)34-26)32-28(36)22-12-8-19(29)14-23(22)30/h2-15H,1H3,(H,31,35)(H,32,36)(H,33,34). The van der Waals surface area contributed by atoms with Gasteiger partial charge in [0.25, 0.3) is 11.8 Å². The van der Waals surface area contributed by atoms with Crippen molar-refractivity contribution in [1.82, 2.24) is 9.97 Å². The zero-order valence-corrected chi connectivity index (χ0v) is 20.6. The van der Waals surface area contributed by atoms with Gasteiger partial charge in [0.1, 0.15) is 5.82 Å². The molecule has 5 rings (SSSR count). The van der Waals surface area contributed by atoms with E-state index in [9.17, 15) is 9.59 Å². The minimum absolute atomic E-state index is 0.166. The summed E-state index contributed by atoms with van der Waals surface area (Å²) in [5.41, 5.74) is 5.70. The van der Waals surface area contributed by atoms with E-state index in [2.05, 4.69) is 20.6 Å². The minimum Gasteiger partial charge on any atom is -0.338 e. The number of aromatic nitrogens is 2. The van der Waals surface area contributed by atoms with E-state index in [1.807, 2.05) is 55.5 Å². The number of H-pyrrole nitrogens is 1. The number of hydrogen-bond acceptors (Lipinski definition) is 3. The molecule has 0 unspecified atom stereocenters. The average Bonchev–Trinajstić information content (AvgIpc) is 3.28. The SMILES string of the molecule is Cc1ccc(C(=O)Nc2ccc(-c3nc4ccc(NC(=O)c5ccc(Cl)cc5Cl)cc4[nH]3)cc2)cc1. The maximum Gasteiger partial charge on any atom is 0.257 e. The topological polar surface area (TPSA) is 86.9 Å². The number of fused-ring (bicyclic) bond motifs is 1. The molecule has 178 valence electrons. The van der Waals surface area contributed by atoms with Crippen molar-refractivity contribution in [2.24, 2.45) is 0 Å². The molecule has 0 spiro atoms. The van der Waals surface area contributed by atoms with Crippen LogP contribution in [0.3, 0.4) is 0 Å². The third kappa shape index (κ3) is 5.10. The molecule has 36 heavy (non-hydrogen) atoms. The Bertz CT molecular complexity index is 1590. The lowest BCUT2D eigenvalue weighted by molar-refractivity contribution is 0.101. The van der Waals surface area contributed by atoms with Crippen molar-refractivity contribution in [2.45, 2.75) is 6.92 Å². The van der Waals surface area contributed by atoms with Crippen molar-refractivity contribution in [3.63, 3.8) is 0 Å². The normalized spacial score (nSPS) is 10.9. The summed E-state index contributed by atoms with van der Waals surface area (Å²) in [5.74, 6) is 0.172. The van der Waals surface area contributed by atoms with Gasteiger partial charge in [-0.1, -0.05) is 40.9 Å². The van der Waals surface area contributed by atoms with Crippen LogP contribution in [-0.4, -0.2) is 21.8 Å². The number of imidazole rings is 1. The van der Waals surface area contributed by atoms with Crippen LogP contribution in [-0.2, 0) is 0 Å². The molecule has 5 aromatic rings. The fourth-order valence-electron chi connectivity index (χ4n) is 3.72. The number of carbonyl (C=O) groups excluding carboxylic acids is 2. The summed E-state index contributed by atoms with van der Waals surface area (Å²) in [6.07, 6.45) is 0. The van der Waals surface area contributed by atoms with Gasteiger partial charge in [-0.2, -0.15) is 0 Å². The smallest absolute Gasteiger partial charge is 0.257 e. The van der Waals surface area contributed by atoms with Crippen LogP contribution in [0.5, 0.6) is 0 Å². The first-order chi connectivity index (χ1) is 17.4. The average molecular weight is 515 g/mol. The molecule has 0 fully saturated rings. The number of benzene rings is 4. The monoisotopic (exact) mass is 514 g/mol. The highest BCUT2D eigenvalue weighted by Crippen LogP contribution is 2.26. The summed E-state index contributed by atoms with van der Waals surface area (Å²) in [6.45, 7) is 1.98. The predicted molar refractivity (Wildman–Crippen MR) is 145 cm³/mol. The van der Waals surface area contributed by atoms with Gasteiger partial charge in [-0.05, 0) is 79.7 Å². The molecule has 0 aliphatic heterocycles. The van der Waals surface area contributed by atoms with Crippen LogP contribution in [0.1, 0.15) is 26.3 Å². The van der Waals surface area contributed by atoms with Gasteiger partial charge in [0.2, 0.25) is 0 Å². The lowest BCUT2D eigenvalue weighted by atomic mass is 10.1. The molecule has 0 radical (unpaired) electrons. The molecule has 0 aliphatic carbocycles. The van der Waals surface area contributed by atoms with Gasteiger partial charge in [0.15, 0.2) is 0 Å². The Morgan fingerprint density at radius 1 is 0.778 bits per heavy atom. The number of halogens is 2. The third-order valence-corrected chi connectivity index (χ3v) is 6.19. The molecule has 3 N–H and O–H groups in total. The fraction of sp³-hybridized carbons (Fsp3) is 0.0357. The van der Waals surface area contributed by atoms with Crippen LogP contribution >= 0.6 is 23.2 Å². The Hall–Kier alpha value is -4.13. The number of anilines is 2. The Morgan fingerprint density at radius 3 is 2.19 bits per heavy atom. The number of rotatable bonds is 5. The number of aromatic amines is 1. The predicted octanol–water partition coefficient (Wildman–Crippen LogP) is 7.35. The van der Waals surface area contributed by atoms with Crippen molar-refractivity contribution in [3.8, 4) is 11.4 Å². The van der Waals surface area contributed by atoms with Gasteiger partial charge in [0, 0.05) is 27.5 Å². The van der Waals surface area contributed by atoms with E-state index in [1.54, 1.807) is 30.3 Å². The van der Waals surface area contributed by atoms with Gasteiger partial charge in [-0.3, -0.25) is 9.59 Å². The van der Waals surface area contributed by atoms with Crippen molar-refractivity contribution in [2.75, 3.05) is 10.6 Å². The number of amides is 2. The van der Waals surface area contributed by atoms with Crippen LogP contribution in [0.25, 0.3) is 22.4 Å². The lowest BCUT2D eigenvalue weighted by Crippen LogP contribution is -2.12. The van der Waals surface area contributed by atoms with Crippen LogP contribution in [0.15, 0.2) is 84.9 Å². The van der Waals surface area contributed by atoms with E-state index in [0.29, 0.717) is 33.3 Å². The molecule has 0 aliphatic rings. The Labute approximate surface area is 217 Å². The van der Waals surface area contributed by atoms with E-state index < -0.39 is 0 Å². The number of nitrogens with zero attached hydrogens (tertiary/aromatic N) is 1. The second-order valence-corrected chi connectivity index (χ2v) is 9.14. The quantitative estimate of drug-likeness (QED) is 0.229. The second-order valence-electron chi connectivity index (χ2n) is 8.29. The Balaban J connectivity index is 1.30. The van der Waals surface area contributed by atoms with E-state index in [1.165, 1.54) is 6.07 Å². The van der Waals surface area contributed by atoms with Gasteiger partial charge < -0.3 is 15.6 Å². The van der Waals surface area contributed by atoms with Crippen molar-refractivity contribution >= 4 is 57.4 Å². The first kappa shape index (κ1) is 23.6. The molecular formula is C28H20Cl2N4O2.